The van der Waals surface area contributed by atoms with Crippen molar-refractivity contribution in [3.63, 3.8) is 0 Å². The van der Waals surface area contributed by atoms with E-state index in [-0.39, 0.29) is 12.1 Å². The molecule has 0 aliphatic heterocycles. The summed E-state index contributed by atoms with van der Waals surface area (Å²) in [6.45, 7) is 8.19. The number of ether oxygens (including phenoxy) is 1. The van der Waals surface area contributed by atoms with Gasteiger partial charge in [0.25, 0.3) is 0 Å². The van der Waals surface area contributed by atoms with Crippen LogP contribution in [0.3, 0.4) is 0 Å². The zero-order valence-electron chi connectivity index (χ0n) is 9.75. The molecule has 0 radical (unpaired) electrons. The van der Waals surface area contributed by atoms with Crippen molar-refractivity contribution in [2.24, 2.45) is 17.8 Å². The Morgan fingerprint density at radius 1 is 1.36 bits per heavy atom. The highest BCUT2D eigenvalue weighted by molar-refractivity contribution is 5.66. The summed E-state index contributed by atoms with van der Waals surface area (Å²) < 4.78 is 5.40. The van der Waals surface area contributed by atoms with Gasteiger partial charge >= 0.3 is 5.97 Å². The van der Waals surface area contributed by atoms with Crippen LogP contribution in [-0.2, 0) is 9.53 Å². The fraction of sp³-hybridized carbons (Fsp3) is 0.917. The fourth-order valence-corrected chi connectivity index (χ4v) is 2.46. The first-order valence-corrected chi connectivity index (χ1v) is 5.68. The van der Waals surface area contributed by atoms with Gasteiger partial charge < -0.3 is 4.74 Å². The van der Waals surface area contributed by atoms with Gasteiger partial charge in [-0.15, -0.1) is 0 Å². The van der Waals surface area contributed by atoms with Gasteiger partial charge in [-0.3, -0.25) is 4.79 Å². The Bertz CT molecular complexity index is 198. The van der Waals surface area contributed by atoms with E-state index >= 15 is 0 Å². The summed E-state index contributed by atoms with van der Waals surface area (Å²) >= 11 is 0. The first kappa shape index (κ1) is 11.5. The molecule has 82 valence electrons. The van der Waals surface area contributed by atoms with Crippen molar-refractivity contribution in [2.45, 2.75) is 53.1 Å². The van der Waals surface area contributed by atoms with Crippen LogP contribution in [0.5, 0.6) is 0 Å². The third kappa shape index (κ3) is 3.00. The van der Waals surface area contributed by atoms with E-state index in [1.54, 1.807) is 0 Å². The number of esters is 1. The molecule has 0 heterocycles. The Morgan fingerprint density at radius 2 is 2.00 bits per heavy atom. The molecule has 14 heavy (non-hydrogen) atoms. The molecule has 0 aromatic carbocycles. The van der Waals surface area contributed by atoms with E-state index in [4.69, 9.17) is 4.74 Å². The van der Waals surface area contributed by atoms with Gasteiger partial charge in [-0.2, -0.15) is 0 Å². The normalized spacial score (nSPS) is 33.1. The zero-order valence-corrected chi connectivity index (χ0v) is 9.75. The average Bonchev–Trinajstić information content (AvgIpc) is 2.01. The summed E-state index contributed by atoms with van der Waals surface area (Å²) in [5, 5.41) is 0. The summed E-state index contributed by atoms with van der Waals surface area (Å²) in [5.74, 6) is 1.76. The van der Waals surface area contributed by atoms with E-state index in [2.05, 4.69) is 20.8 Å². The molecule has 1 aliphatic rings. The Hall–Kier alpha value is -0.530. The number of rotatable bonds is 2. The first-order chi connectivity index (χ1) is 6.50. The van der Waals surface area contributed by atoms with Crippen LogP contribution in [0.4, 0.5) is 0 Å². The van der Waals surface area contributed by atoms with E-state index < -0.39 is 0 Å². The van der Waals surface area contributed by atoms with Crippen molar-refractivity contribution in [1.82, 2.24) is 0 Å². The second-order valence-corrected chi connectivity index (χ2v) is 4.97. The molecular formula is C12H22O2. The van der Waals surface area contributed by atoms with E-state index in [1.807, 2.05) is 0 Å². The Balaban J connectivity index is 2.58. The van der Waals surface area contributed by atoms with Gasteiger partial charge in [0, 0.05) is 6.92 Å². The summed E-state index contributed by atoms with van der Waals surface area (Å²) in [6.07, 6.45) is 3.69. The third-order valence-electron chi connectivity index (χ3n) is 3.28. The maximum absolute atomic E-state index is 11.0. The molecule has 0 aromatic heterocycles. The van der Waals surface area contributed by atoms with Gasteiger partial charge in [0.05, 0.1) is 0 Å². The molecule has 2 nitrogen and oxygen atoms in total. The van der Waals surface area contributed by atoms with Crippen molar-refractivity contribution < 1.29 is 9.53 Å². The lowest BCUT2D eigenvalue weighted by Crippen LogP contribution is -2.35. The minimum atomic E-state index is -0.130. The monoisotopic (exact) mass is 198 g/mol. The van der Waals surface area contributed by atoms with Gasteiger partial charge in [-0.05, 0) is 30.6 Å². The Kier molecular flexibility index (Phi) is 3.97. The molecule has 0 amide bonds. The Labute approximate surface area is 87.0 Å². The highest BCUT2D eigenvalue weighted by Gasteiger charge is 2.32. The van der Waals surface area contributed by atoms with Crippen LogP contribution in [0.25, 0.3) is 0 Å². The van der Waals surface area contributed by atoms with Crippen molar-refractivity contribution >= 4 is 5.97 Å². The smallest absolute Gasteiger partial charge is 0.302 e. The van der Waals surface area contributed by atoms with Crippen LogP contribution in [0, 0.1) is 17.8 Å². The number of carbonyl (C=O) groups excluding carboxylic acids is 1. The van der Waals surface area contributed by atoms with Crippen LogP contribution >= 0.6 is 0 Å². The summed E-state index contributed by atoms with van der Waals surface area (Å²) in [5.41, 5.74) is 0. The van der Waals surface area contributed by atoms with Crippen molar-refractivity contribution in [3.8, 4) is 0 Å². The molecule has 0 bridgehead atoms. The fourth-order valence-electron chi connectivity index (χ4n) is 2.46. The predicted molar refractivity (Wildman–Crippen MR) is 56.9 cm³/mol. The van der Waals surface area contributed by atoms with E-state index in [0.717, 1.165) is 6.42 Å². The van der Waals surface area contributed by atoms with Crippen LogP contribution in [0.2, 0.25) is 0 Å². The lowest BCUT2D eigenvalue weighted by atomic mass is 9.75. The molecular weight excluding hydrogens is 176 g/mol. The summed E-state index contributed by atoms with van der Waals surface area (Å²) in [6, 6.07) is 0. The third-order valence-corrected chi connectivity index (χ3v) is 3.28. The van der Waals surface area contributed by atoms with Crippen LogP contribution in [-0.4, -0.2) is 12.1 Å². The van der Waals surface area contributed by atoms with Crippen molar-refractivity contribution in [1.29, 1.82) is 0 Å². The van der Waals surface area contributed by atoms with Gasteiger partial charge in [0.2, 0.25) is 0 Å². The zero-order chi connectivity index (χ0) is 10.7. The molecule has 1 saturated carbocycles. The van der Waals surface area contributed by atoms with Crippen molar-refractivity contribution in [3.05, 3.63) is 0 Å². The number of hydrogen-bond acceptors (Lipinski definition) is 2. The summed E-state index contributed by atoms with van der Waals surface area (Å²) in [7, 11) is 0. The molecule has 0 N–H and O–H groups in total. The molecule has 1 fully saturated rings. The highest BCUT2D eigenvalue weighted by Crippen LogP contribution is 2.35. The van der Waals surface area contributed by atoms with E-state index in [0.29, 0.717) is 17.8 Å². The van der Waals surface area contributed by atoms with E-state index in [9.17, 15) is 4.79 Å². The number of carbonyl (C=O) groups is 1. The molecule has 2 heteroatoms. The van der Waals surface area contributed by atoms with Crippen molar-refractivity contribution in [2.75, 3.05) is 0 Å². The average molecular weight is 198 g/mol. The maximum atomic E-state index is 11.0. The second-order valence-electron chi connectivity index (χ2n) is 4.97. The van der Waals surface area contributed by atoms with Gasteiger partial charge in [0.1, 0.15) is 6.10 Å². The van der Waals surface area contributed by atoms with Gasteiger partial charge in [-0.1, -0.05) is 27.2 Å². The summed E-state index contributed by atoms with van der Waals surface area (Å²) in [4.78, 5) is 11.0. The molecule has 0 spiro atoms. The SMILES string of the molecule is CC(=O)O[C@@H]1C[C@H](C)CCC1C(C)C. The quantitative estimate of drug-likeness (QED) is 0.637. The molecule has 1 aliphatic carbocycles. The molecule has 1 rings (SSSR count). The first-order valence-electron chi connectivity index (χ1n) is 5.68. The minimum Gasteiger partial charge on any atom is -0.462 e. The molecule has 0 aromatic rings. The van der Waals surface area contributed by atoms with E-state index in [1.165, 1.54) is 19.8 Å². The standard InChI is InChI=1S/C12H22O2/c1-8(2)11-6-5-9(3)7-12(11)14-10(4)13/h8-9,11-12H,5-7H2,1-4H3/t9-,11?,12-/m1/s1. The predicted octanol–water partition coefficient (Wildman–Crippen LogP) is 3.01. The Morgan fingerprint density at radius 3 is 2.50 bits per heavy atom. The van der Waals surface area contributed by atoms with Crippen LogP contribution in [0.15, 0.2) is 0 Å². The maximum Gasteiger partial charge on any atom is 0.302 e. The lowest BCUT2D eigenvalue weighted by Gasteiger charge is -2.36. The minimum absolute atomic E-state index is 0.130. The molecule has 1 unspecified atom stereocenters. The second kappa shape index (κ2) is 4.81. The highest BCUT2D eigenvalue weighted by atomic mass is 16.5. The topological polar surface area (TPSA) is 26.3 Å². The van der Waals surface area contributed by atoms with Gasteiger partial charge in [0.15, 0.2) is 0 Å². The van der Waals surface area contributed by atoms with Gasteiger partial charge in [-0.25, -0.2) is 0 Å². The van der Waals surface area contributed by atoms with Crippen LogP contribution < -0.4 is 0 Å². The molecule has 0 saturated heterocycles. The van der Waals surface area contributed by atoms with Crippen LogP contribution in [0.1, 0.15) is 47.0 Å². The molecule has 3 atom stereocenters. The number of hydrogen-bond donors (Lipinski definition) is 0. The largest absolute Gasteiger partial charge is 0.462 e. The lowest BCUT2D eigenvalue weighted by molar-refractivity contribution is -0.153.